The number of hydrogen-bond donors (Lipinski definition) is 1. The molecule has 1 aromatic carbocycles. The van der Waals surface area contributed by atoms with Crippen molar-refractivity contribution in [2.45, 2.75) is 30.8 Å². The van der Waals surface area contributed by atoms with E-state index in [0.717, 1.165) is 10.4 Å². The van der Waals surface area contributed by atoms with Gasteiger partial charge in [0.15, 0.2) is 0 Å². The van der Waals surface area contributed by atoms with E-state index in [2.05, 4.69) is 0 Å². The summed E-state index contributed by atoms with van der Waals surface area (Å²) in [5.41, 5.74) is 0.105. The van der Waals surface area contributed by atoms with E-state index in [0.29, 0.717) is 24.4 Å². The average Bonchev–Trinajstić information content (AvgIpc) is 3.19. The fourth-order valence-corrected chi connectivity index (χ4v) is 4.47. The Morgan fingerprint density at radius 3 is 2.59 bits per heavy atom. The fourth-order valence-electron chi connectivity index (χ4n) is 3.30. The van der Waals surface area contributed by atoms with Gasteiger partial charge in [-0.1, -0.05) is 41.4 Å². The van der Waals surface area contributed by atoms with Crippen LogP contribution in [0.5, 0.6) is 0 Å². The molecule has 0 aliphatic carbocycles. The minimum atomic E-state index is -1.14. The van der Waals surface area contributed by atoms with E-state index in [1.165, 1.54) is 9.80 Å². The molecule has 3 rings (SSSR count). The lowest BCUT2D eigenvalue weighted by Crippen LogP contribution is -2.62. The predicted molar refractivity (Wildman–Crippen MR) is 112 cm³/mol. The number of piperazine rings is 1. The molecule has 2 heterocycles. The van der Waals surface area contributed by atoms with Gasteiger partial charge in [-0.25, -0.2) is 0 Å². The van der Waals surface area contributed by atoms with E-state index in [-0.39, 0.29) is 12.5 Å². The summed E-state index contributed by atoms with van der Waals surface area (Å²) >= 11 is 13.9. The Morgan fingerprint density at radius 1 is 1.24 bits per heavy atom. The van der Waals surface area contributed by atoms with Gasteiger partial charge in [-0.3, -0.25) is 14.4 Å². The number of carbonyl (C=O) groups is 3. The minimum absolute atomic E-state index is 0.166. The molecule has 1 aromatic heterocycles. The second kappa shape index (κ2) is 9.61. The number of nitrogens with zero attached hydrogens (tertiary/aromatic N) is 2. The van der Waals surface area contributed by atoms with E-state index in [9.17, 15) is 19.5 Å². The zero-order valence-corrected chi connectivity index (χ0v) is 17.8. The Labute approximate surface area is 182 Å². The molecule has 0 spiro atoms. The summed E-state index contributed by atoms with van der Waals surface area (Å²) < 4.78 is 0. The van der Waals surface area contributed by atoms with E-state index >= 15 is 0 Å². The molecule has 1 saturated heterocycles. The maximum absolute atomic E-state index is 13.0. The second-order valence-electron chi connectivity index (χ2n) is 6.76. The lowest BCUT2D eigenvalue weighted by Gasteiger charge is -2.41. The van der Waals surface area contributed by atoms with Crippen LogP contribution >= 0.6 is 34.5 Å². The van der Waals surface area contributed by atoms with Crippen LogP contribution in [-0.2, 0) is 27.2 Å². The highest BCUT2D eigenvalue weighted by Crippen LogP contribution is 2.23. The maximum Gasteiger partial charge on any atom is 0.305 e. The summed E-state index contributed by atoms with van der Waals surface area (Å²) in [6, 6.07) is 9.85. The van der Waals surface area contributed by atoms with Gasteiger partial charge in [0.2, 0.25) is 11.8 Å². The Kier molecular flexibility index (Phi) is 7.16. The van der Waals surface area contributed by atoms with Crippen LogP contribution in [0.25, 0.3) is 0 Å². The van der Waals surface area contributed by atoms with Gasteiger partial charge in [-0.2, -0.15) is 0 Å². The molecule has 29 heavy (non-hydrogen) atoms. The first kappa shape index (κ1) is 21.6. The summed E-state index contributed by atoms with van der Waals surface area (Å²) in [5.74, 6) is -1.87. The largest absolute Gasteiger partial charge is 0.481 e. The third kappa shape index (κ3) is 5.50. The van der Waals surface area contributed by atoms with E-state index in [1.54, 1.807) is 35.6 Å². The van der Waals surface area contributed by atoms with Crippen LogP contribution in [0.2, 0.25) is 5.02 Å². The Bertz CT molecular complexity index is 873. The summed E-state index contributed by atoms with van der Waals surface area (Å²) in [5, 5.41) is 11.8. The van der Waals surface area contributed by atoms with Gasteiger partial charge in [-0.15, -0.1) is 11.3 Å². The smallest absolute Gasteiger partial charge is 0.305 e. The highest BCUT2D eigenvalue weighted by Gasteiger charge is 2.42. The number of hydrogen-bond acceptors (Lipinski definition) is 4. The molecule has 9 heteroatoms. The molecule has 2 unspecified atom stereocenters. The summed E-state index contributed by atoms with van der Waals surface area (Å²) in [6.07, 6.45) is 0.449. The molecule has 0 saturated carbocycles. The molecule has 0 bridgehead atoms. The third-order valence-electron chi connectivity index (χ3n) is 4.77. The van der Waals surface area contributed by atoms with E-state index < -0.39 is 29.8 Å². The molecule has 6 nitrogen and oxygen atoms in total. The number of alkyl halides is 1. The van der Waals surface area contributed by atoms with Crippen molar-refractivity contribution in [1.29, 1.82) is 0 Å². The highest BCUT2D eigenvalue weighted by atomic mass is 35.5. The SMILES string of the molecule is O=C(O)CC1C(=O)N(C(Cl)Cc2ccc(Cl)cc2)CC(=O)N1CCc1cccs1. The van der Waals surface area contributed by atoms with Gasteiger partial charge in [0, 0.05) is 22.9 Å². The molecule has 1 aliphatic heterocycles. The molecule has 2 atom stereocenters. The number of rotatable bonds is 8. The van der Waals surface area contributed by atoms with Crippen LogP contribution in [0.15, 0.2) is 41.8 Å². The molecule has 2 amide bonds. The summed E-state index contributed by atoms with van der Waals surface area (Å²) in [7, 11) is 0. The highest BCUT2D eigenvalue weighted by molar-refractivity contribution is 7.09. The zero-order valence-electron chi connectivity index (χ0n) is 15.5. The predicted octanol–water partition coefficient (Wildman–Crippen LogP) is 3.27. The van der Waals surface area contributed by atoms with Gasteiger partial charge in [-0.05, 0) is 35.6 Å². The molecule has 1 fully saturated rings. The zero-order chi connectivity index (χ0) is 21.0. The van der Waals surface area contributed by atoms with Crippen LogP contribution in [0, 0.1) is 0 Å². The van der Waals surface area contributed by atoms with Crippen LogP contribution in [0.1, 0.15) is 16.9 Å². The van der Waals surface area contributed by atoms with Crippen molar-refractivity contribution >= 4 is 52.3 Å². The van der Waals surface area contributed by atoms with Crippen molar-refractivity contribution in [3.05, 3.63) is 57.2 Å². The fraction of sp³-hybridized carbons (Fsp3) is 0.350. The number of benzene rings is 1. The third-order valence-corrected chi connectivity index (χ3v) is 6.35. The van der Waals surface area contributed by atoms with Crippen LogP contribution in [0.4, 0.5) is 0 Å². The first-order valence-electron chi connectivity index (χ1n) is 9.08. The maximum atomic E-state index is 13.0. The van der Waals surface area contributed by atoms with Crippen molar-refractivity contribution in [1.82, 2.24) is 9.80 Å². The monoisotopic (exact) mass is 454 g/mol. The topological polar surface area (TPSA) is 77.9 Å². The lowest BCUT2D eigenvalue weighted by atomic mass is 10.0. The molecule has 1 N–H and O–H groups in total. The number of thiophene rings is 1. The van der Waals surface area contributed by atoms with Crippen LogP contribution in [-0.4, -0.2) is 57.3 Å². The van der Waals surface area contributed by atoms with Crippen molar-refractivity contribution in [3.63, 3.8) is 0 Å². The van der Waals surface area contributed by atoms with Gasteiger partial charge >= 0.3 is 5.97 Å². The second-order valence-corrected chi connectivity index (χ2v) is 8.73. The van der Waals surface area contributed by atoms with Crippen molar-refractivity contribution in [3.8, 4) is 0 Å². The molecule has 2 aromatic rings. The summed E-state index contributed by atoms with van der Waals surface area (Å²) in [4.78, 5) is 40.9. The van der Waals surface area contributed by atoms with Crippen LogP contribution < -0.4 is 0 Å². The van der Waals surface area contributed by atoms with Crippen LogP contribution in [0.3, 0.4) is 0 Å². The van der Waals surface area contributed by atoms with E-state index in [1.807, 2.05) is 17.5 Å². The normalized spacial score (nSPS) is 18.2. The van der Waals surface area contributed by atoms with Gasteiger partial charge in [0.1, 0.15) is 18.1 Å². The molecule has 1 aliphatic rings. The first-order chi connectivity index (χ1) is 13.8. The summed E-state index contributed by atoms with van der Waals surface area (Å²) in [6.45, 7) is 0.127. The lowest BCUT2D eigenvalue weighted by molar-refractivity contribution is -0.159. The minimum Gasteiger partial charge on any atom is -0.481 e. The van der Waals surface area contributed by atoms with Gasteiger partial charge in [0.05, 0.1) is 6.42 Å². The Morgan fingerprint density at radius 2 is 1.97 bits per heavy atom. The van der Waals surface area contributed by atoms with Gasteiger partial charge in [0.25, 0.3) is 0 Å². The number of carboxylic acid groups (broad SMARTS) is 1. The quantitative estimate of drug-likeness (QED) is 0.490. The molecular formula is C20H20Cl2N2O4S. The number of carboxylic acids is 1. The number of carbonyl (C=O) groups excluding carboxylic acids is 2. The molecule has 154 valence electrons. The van der Waals surface area contributed by atoms with Crippen molar-refractivity contribution in [2.75, 3.05) is 13.1 Å². The number of aliphatic carboxylic acids is 1. The standard InChI is InChI=1S/C20H20Cl2N2O4S/c21-14-5-3-13(4-6-14)10-17(22)24-12-18(25)23(8-7-15-2-1-9-29-15)16(20(24)28)11-19(26)27/h1-6,9,16-17H,7-8,10-12H2,(H,26,27). The number of halogens is 2. The van der Waals surface area contributed by atoms with E-state index in [4.69, 9.17) is 23.2 Å². The number of amides is 2. The van der Waals surface area contributed by atoms with Crippen molar-refractivity contribution < 1.29 is 19.5 Å². The first-order valence-corrected chi connectivity index (χ1v) is 10.8. The van der Waals surface area contributed by atoms with Gasteiger partial charge < -0.3 is 14.9 Å². The molecular weight excluding hydrogens is 435 g/mol. The average molecular weight is 455 g/mol. The van der Waals surface area contributed by atoms with Crippen molar-refractivity contribution in [2.24, 2.45) is 0 Å². The Balaban J connectivity index is 1.73. The Hall–Kier alpha value is -2.09. The molecule has 0 radical (unpaired) electrons.